The van der Waals surface area contributed by atoms with E-state index in [2.05, 4.69) is 25.7 Å². The van der Waals surface area contributed by atoms with Gasteiger partial charge in [-0.3, -0.25) is 0 Å². The molecule has 2 amide bonds. The second-order valence-corrected chi connectivity index (χ2v) is 6.42. The van der Waals surface area contributed by atoms with Gasteiger partial charge in [0.1, 0.15) is 0 Å². The summed E-state index contributed by atoms with van der Waals surface area (Å²) in [7, 11) is 1.72. The molecule has 1 aliphatic rings. The van der Waals surface area contributed by atoms with Crippen molar-refractivity contribution in [2.45, 2.75) is 25.8 Å². The molecule has 2 heterocycles. The van der Waals surface area contributed by atoms with Gasteiger partial charge in [-0.15, -0.1) is 0 Å². The monoisotopic (exact) mass is 359 g/mol. The van der Waals surface area contributed by atoms with E-state index >= 15 is 0 Å². The summed E-state index contributed by atoms with van der Waals surface area (Å²) in [6, 6.07) is 7.40. The second kappa shape index (κ2) is 8.77. The first-order valence-electron chi connectivity index (χ1n) is 8.83. The van der Waals surface area contributed by atoms with Gasteiger partial charge in [-0.25, -0.2) is 4.79 Å². The Morgan fingerprint density at radius 1 is 1.38 bits per heavy atom. The first-order chi connectivity index (χ1) is 12.6. The number of piperidine rings is 1. The van der Waals surface area contributed by atoms with Gasteiger partial charge in [0.25, 0.3) is 0 Å². The van der Waals surface area contributed by atoms with Gasteiger partial charge in [-0.1, -0.05) is 17.3 Å². The van der Waals surface area contributed by atoms with E-state index in [0.717, 1.165) is 44.6 Å². The van der Waals surface area contributed by atoms with Crippen molar-refractivity contribution >= 4 is 11.7 Å². The Kier molecular flexibility index (Phi) is 6.19. The summed E-state index contributed by atoms with van der Waals surface area (Å²) in [4.78, 5) is 18.8. The SMILES string of the molecule is COCCN1CCC(NC(=O)Nc2cccc(-c3noc(C)n3)c2)CC1. The zero-order valence-electron chi connectivity index (χ0n) is 15.2. The lowest BCUT2D eigenvalue weighted by Crippen LogP contribution is -2.46. The number of carbonyl (C=O) groups excluding carboxylic acids is 1. The van der Waals surface area contributed by atoms with Crippen LogP contribution in [-0.2, 0) is 4.74 Å². The lowest BCUT2D eigenvalue weighted by atomic mass is 10.1. The molecule has 3 rings (SSSR count). The third-order valence-corrected chi connectivity index (χ3v) is 4.44. The van der Waals surface area contributed by atoms with Crippen molar-refractivity contribution in [3.8, 4) is 11.4 Å². The molecule has 2 aromatic rings. The number of nitrogens with zero attached hydrogens (tertiary/aromatic N) is 3. The fraction of sp³-hybridized carbons (Fsp3) is 0.500. The average molecular weight is 359 g/mol. The van der Waals surface area contributed by atoms with Crippen LogP contribution in [0, 0.1) is 6.92 Å². The first-order valence-corrected chi connectivity index (χ1v) is 8.83. The van der Waals surface area contributed by atoms with Crippen molar-refractivity contribution in [2.24, 2.45) is 0 Å². The van der Waals surface area contributed by atoms with Gasteiger partial charge in [-0.2, -0.15) is 4.98 Å². The van der Waals surface area contributed by atoms with E-state index in [9.17, 15) is 4.79 Å². The van der Waals surface area contributed by atoms with E-state index in [1.54, 1.807) is 14.0 Å². The van der Waals surface area contributed by atoms with Crippen molar-refractivity contribution in [3.63, 3.8) is 0 Å². The maximum atomic E-state index is 12.3. The maximum Gasteiger partial charge on any atom is 0.319 e. The van der Waals surface area contributed by atoms with Gasteiger partial charge in [0, 0.05) is 51.0 Å². The third-order valence-electron chi connectivity index (χ3n) is 4.44. The van der Waals surface area contributed by atoms with Crippen LogP contribution < -0.4 is 10.6 Å². The highest BCUT2D eigenvalue weighted by atomic mass is 16.5. The molecule has 1 aromatic carbocycles. The minimum atomic E-state index is -0.193. The number of aromatic nitrogens is 2. The molecule has 0 saturated carbocycles. The molecular formula is C18H25N5O3. The number of benzene rings is 1. The molecule has 0 unspecified atom stereocenters. The zero-order valence-corrected chi connectivity index (χ0v) is 15.2. The minimum absolute atomic E-state index is 0.192. The molecule has 1 fully saturated rings. The molecule has 0 bridgehead atoms. The summed E-state index contributed by atoms with van der Waals surface area (Å²) in [6.07, 6.45) is 1.89. The number of rotatable bonds is 6. The number of carbonyl (C=O) groups is 1. The van der Waals surface area contributed by atoms with Gasteiger partial charge in [0.2, 0.25) is 11.7 Å². The van der Waals surface area contributed by atoms with E-state index in [1.165, 1.54) is 0 Å². The number of ether oxygens (including phenoxy) is 1. The summed E-state index contributed by atoms with van der Waals surface area (Å²) >= 11 is 0. The van der Waals surface area contributed by atoms with E-state index in [0.29, 0.717) is 17.4 Å². The number of aryl methyl sites for hydroxylation is 1. The number of methoxy groups -OCH3 is 1. The van der Waals surface area contributed by atoms with Crippen LogP contribution in [0.4, 0.5) is 10.5 Å². The number of likely N-dealkylation sites (tertiary alicyclic amines) is 1. The Morgan fingerprint density at radius 3 is 2.88 bits per heavy atom. The maximum absolute atomic E-state index is 12.3. The third kappa shape index (κ3) is 5.03. The Hall–Kier alpha value is -2.45. The number of hydrogen-bond acceptors (Lipinski definition) is 6. The highest BCUT2D eigenvalue weighted by Crippen LogP contribution is 2.20. The van der Waals surface area contributed by atoms with Gasteiger partial charge in [0.15, 0.2) is 0 Å². The lowest BCUT2D eigenvalue weighted by Gasteiger charge is -2.32. The van der Waals surface area contributed by atoms with Crippen LogP contribution in [0.2, 0.25) is 0 Å². The molecule has 2 N–H and O–H groups in total. The Bertz CT molecular complexity index is 725. The number of urea groups is 1. The topological polar surface area (TPSA) is 92.5 Å². The van der Waals surface area contributed by atoms with Gasteiger partial charge < -0.3 is 24.8 Å². The van der Waals surface area contributed by atoms with Crippen LogP contribution in [0.5, 0.6) is 0 Å². The van der Waals surface area contributed by atoms with E-state index in [-0.39, 0.29) is 12.1 Å². The molecule has 1 aromatic heterocycles. The van der Waals surface area contributed by atoms with Crippen LogP contribution in [0.25, 0.3) is 11.4 Å². The largest absolute Gasteiger partial charge is 0.383 e. The standard InChI is InChI=1S/C18H25N5O3/c1-13-19-17(22-26-13)14-4-3-5-16(12-14)21-18(24)20-15-6-8-23(9-7-15)10-11-25-2/h3-5,12,15H,6-11H2,1-2H3,(H2,20,21,24). The molecule has 140 valence electrons. The van der Waals surface area contributed by atoms with Gasteiger partial charge in [0.05, 0.1) is 6.61 Å². The predicted octanol–water partition coefficient (Wildman–Crippen LogP) is 2.28. The summed E-state index contributed by atoms with van der Waals surface area (Å²) in [5.74, 6) is 1.02. The number of amides is 2. The van der Waals surface area contributed by atoms with Crippen molar-refractivity contribution in [1.29, 1.82) is 0 Å². The minimum Gasteiger partial charge on any atom is -0.383 e. The van der Waals surface area contributed by atoms with Crippen LogP contribution >= 0.6 is 0 Å². The van der Waals surface area contributed by atoms with Crippen LogP contribution in [0.15, 0.2) is 28.8 Å². The van der Waals surface area contributed by atoms with E-state index < -0.39 is 0 Å². The Labute approximate surface area is 152 Å². The van der Waals surface area contributed by atoms with E-state index in [4.69, 9.17) is 9.26 Å². The highest BCUT2D eigenvalue weighted by Gasteiger charge is 2.20. The van der Waals surface area contributed by atoms with Crippen LogP contribution in [-0.4, -0.2) is 60.5 Å². The first kappa shape index (κ1) is 18.3. The number of hydrogen-bond donors (Lipinski definition) is 2. The molecule has 26 heavy (non-hydrogen) atoms. The molecule has 0 spiro atoms. The fourth-order valence-corrected chi connectivity index (χ4v) is 3.03. The summed E-state index contributed by atoms with van der Waals surface area (Å²) in [5, 5.41) is 9.83. The quantitative estimate of drug-likeness (QED) is 0.822. The Morgan fingerprint density at radius 2 is 2.19 bits per heavy atom. The van der Waals surface area contributed by atoms with Gasteiger partial charge in [-0.05, 0) is 25.0 Å². The molecule has 1 aliphatic heterocycles. The highest BCUT2D eigenvalue weighted by molar-refractivity contribution is 5.90. The normalized spacial score (nSPS) is 15.8. The summed E-state index contributed by atoms with van der Waals surface area (Å²) in [6.45, 7) is 5.38. The average Bonchev–Trinajstić information content (AvgIpc) is 3.08. The second-order valence-electron chi connectivity index (χ2n) is 6.42. The van der Waals surface area contributed by atoms with Crippen LogP contribution in [0.3, 0.4) is 0 Å². The molecule has 8 heteroatoms. The van der Waals surface area contributed by atoms with Crippen molar-refractivity contribution in [1.82, 2.24) is 20.4 Å². The number of anilines is 1. The predicted molar refractivity (Wildman–Crippen MR) is 98.0 cm³/mol. The molecule has 8 nitrogen and oxygen atoms in total. The molecule has 0 aliphatic carbocycles. The van der Waals surface area contributed by atoms with Crippen molar-refractivity contribution in [3.05, 3.63) is 30.2 Å². The van der Waals surface area contributed by atoms with E-state index in [1.807, 2.05) is 24.3 Å². The number of nitrogens with one attached hydrogen (secondary N) is 2. The van der Waals surface area contributed by atoms with Crippen LogP contribution in [0.1, 0.15) is 18.7 Å². The smallest absolute Gasteiger partial charge is 0.319 e. The lowest BCUT2D eigenvalue weighted by molar-refractivity contribution is 0.127. The van der Waals surface area contributed by atoms with Gasteiger partial charge >= 0.3 is 6.03 Å². The van der Waals surface area contributed by atoms with Crippen molar-refractivity contribution < 1.29 is 14.1 Å². The molecule has 0 atom stereocenters. The molecule has 1 saturated heterocycles. The van der Waals surface area contributed by atoms with Crippen molar-refractivity contribution in [2.75, 3.05) is 38.7 Å². The summed E-state index contributed by atoms with van der Waals surface area (Å²) < 4.78 is 10.1. The molecular weight excluding hydrogens is 334 g/mol. The molecule has 0 radical (unpaired) electrons. The fourth-order valence-electron chi connectivity index (χ4n) is 3.03. The zero-order chi connectivity index (χ0) is 18.4. The Balaban J connectivity index is 1.50. The summed E-state index contributed by atoms with van der Waals surface area (Å²) in [5.41, 5.74) is 1.49.